The summed E-state index contributed by atoms with van der Waals surface area (Å²) in [6, 6.07) is 15.6. The Morgan fingerprint density at radius 2 is 1.64 bits per heavy atom. The Hall–Kier alpha value is -2.44. The van der Waals surface area contributed by atoms with E-state index in [0.717, 1.165) is 31.5 Å². The molecule has 0 N–H and O–H groups in total. The number of rotatable bonds is 7. The number of piperidine rings is 1. The number of sulfonamides is 1. The van der Waals surface area contributed by atoms with E-state index in [1.807, 2.05) is 17.0 Å². The molecule has 1 heterocycles. The van der Waals surface area contributed by atoms with Crippen molar-refractivity contribution in [1.82, 2.24) is 9.21 Å². The van der Waals surface area contributed by atoms with Crippen molar-refractivity contribution in [3.63, 3.8) is 0 Å². The summed E-state index contributed by atoms with van der Waals surface area (Å²) >= 11 is 0. The van der Waals surface area contributed by atoms with E-state index >= 15 is 0 Å². The average molecular weight is 399 g/mol. The lowest BCUT2D eigenvalue weighted by Crippen LogP contribution is -2.35. The molecule has 2 aromatic rings. The van der Waals surface area contributed by atoms with Gasteiger partial charge in [0.05, 0.1) is 4.90 Å². The Kier molecular flexibility index (Phi) is 6.65. The molecule has 0 aromatic heterocycles. The van der Waals surface area contributed by atoms with Crippen molar-refractivity contribution in [2.45, 2.75) is 30.7 Å². The molecular weight excluding hydrogens is 372 g/mol. The second-order valence-electron chi connectivity index (χ2n) is 6.95. The third-order valence-electron chi connectivity index (χ3n) is 4.92. The van der Waals surface area contributed by atoms with Crippen LogP contribution in [0.5, 0.6) is 0 Å². The van der Waals surface area contributed by atoms with Crippen LogP contribution in [0, 0.1) is 0 Å². The first-order valence-corrected chi connectivity index (χ1v) is 11.0. The van der Waals surface area contributed by atoms with Gasteiger partial charge in [-0.15, -0.1) is 6.58 Å². The van der Waals surface area contributed by atoms with Crippen LogP contribution in [-0.4, -0.2) is 43.2 Å². The summed E-state index contributed by atoms with van der Waals surface area (Å²) in [7, 11) is -3.62. The third-order valence-corrected chi connectivity index (χ3v) is 6.74. The Labute approximate surface area is 167 Å². The van der Waals surface area contributed by atoms with Crippen LogP contribution in [0.25, 0.3) is 0 Å². The zero-order chi connectivity index (χ0) is 20.0. The lowest BCUT2D eigenvalue weighted by atomic mass is 10.1. The second-order valence-corrected chi connectivity index (χ2v) is 8.89. The number of hydrogen-bond acceptors (Lipinski definition) is 3. The fourth-order valence-electron chi connectivity index (χ4n) is 3.37. The fraction of sp³-hybridized carbons (Fsp3) is 0.318. The van der Waals surface area contributed by atoms with Crippen molar-refractivity contribution in [1.29, 1.82) is 0 Å². The van der Waals surface area contributed by atoms with Gasteiger partial charge in [0.25, 0.3) is 5.91 Å². The van der Waals surface area contributed by atoms with Gasteiger partial charge in [-0.05, 0) is 49.1 Å². The Balaban J connectivity index is 1.75. The summed E-state index contributed by atoms with van der Waals surface area (Å²) in [5.41, 5.74) is 1.48. The van der Waals surface area contributed by atoms with Crippen LogP contribution >= 0.6 is 0 Å². The van der Waals surface area contributed by atoms with Crippen LogP contribution < -0.4 is 0 Å². The normalized spacial score (nSPS) is 14.8. The van der Waals surface area contributed by atoms with E-state index in [1.54, 1.807) is 48.5 Å². The van der Waals surface area contributed by atoms with Gasteiger partial charge in [-0.1, -0.05) is 36.4 Å². The standard InChI is InChI=1S/C22H26N2O3S/c1-2-15-24(28(26,27)21-9-5-3-6-10-21)18-19-11-13-20(14-12-19)22(25)23-16-7-4-8-17-23/h2-3,5-6,9-14H,1,4,7-8,15-18H2. The molecule has 0 saturated carbocycles. The van der Waals surface area contributed by atoms with Crippen molar-refractivity contribution >= 4 is 15.9 Å². The molecular formula is C22H26N2O3S. The SMILES string of the molecule is C=CCN(Cc1ccc(C(=O)N2CCCCC2)cc1)S(=O)(=O)c1ccccc1. The molecule has 1 fully saturated rings. The van der Waals surface area contributed by atoms with E-state index in [1.165, 1.54) is 10.7 Å². The predicted octanol–water partition coefficient (Wildman–Crippen LogP) is 3.69. The number of benzene rings is 2. The second kappa shape index (κ2) is 9.17. The molecule has 0 spiro atoms. The van der Waals surface area contributed by atoms with Crippen molar-refractivity contribution in [3.8, 4) is 0 Å². The quantitative estimate of drug-likeness (QED) is 0.669. The highest BCUT2D eigenvalue weighted by Gasteiger charge is 2.24. The molecule has 6 heteroatoms. The maximum Gasteiger partial charge on any atom is 0.253 e. The van der Waals surface area contributed by atoms with Gasteiger partial charge in [0.1, 0.15) is 0 Å². The highest BCUT2D eigenvalue weighted by molar-refractivity contribution is 7.89. The lowest BCUT2D eigenvalue weighted by molar-refractivity contribution is 0.0724. The lowest BCUT2D eigenvalue weighted by Gasteiger charge is -2.27. The van der Waals surface area contributed by atoms with Gasteiger partial charge in [0.2, 0.25) is 10.0 Å². The molecule has 1 aliphatic rings. The first kappa shape index (κ1) is 20.3. The van der Waals surface area contributed by atoms with Crippen LogP contribution in [0.4, 0.5) is 0 Å². The van der Waals surface area contributed by atoms with Crippen molar-refractivity contribution < 1.29 is 13.2 Å². The summed E-state index contributed by atoms with van der Waals surface area (Å²) in [5, 5.41) is 0. The van der Waals surface area contributed by atoms with E-state index in [-0.39, 0.29) is 23.9 Å². The van der Waals surface area contributed by atoms with Crippen LogP contribution in [0.1, 0.15) is 35.2 Å². The van der Waals surface area contributed by atoms with E-state index < -0.39 is 10.0 Å². The monoisotopic (exact) mass is 398 g/mol. The first-order valence-electron chi connectivity index (χ1n) is 9.56. The minimum atomic E-state index is -3.62. The Morgan fingerprint density at radius 1 is 1.00 bits per heavy atom. The average Bonchev–Trinajstić information content (AvgIpc) is 2.74. The highest BCUT2D eigenvalue weighted by Crippen LogP contribution is 2.19. The molecule has 1 amide bonds. The van der Waals surface area contributed by atoms with Gasteiger partial charge >= 0.3 is 0 Å². The van der Waals surface area contributed by atoms with Crippen LogP contribution in [0.3, 0.4) is 0 Å². The molecule has 28 heavy (non-hydrogen) atoms. The van der Waals surface area contributed by atoms with Crippen molar-refractivity contribution in [2.75, 3.05) is 19.6 Å². The molecule has 5 nitrogen and oxygen atoms in total. The zero-order valence-corrected chi connectivity index (χ0v) is 16.8. The summed E-state index contributed by atoms with van der Waals surface area (Å²) in [6.45, 7) is 5.74. The molecule has 0 bridgehead atoms. The fourth-order valence-corrected chi connectivity index (χ4v) is 4.79. The summed E-state index contributed by atoms with van der Waals surface area (Å²) in [6.07, 6.45) is 4.86. The minimum Gasteiger partial charge on any atom is -0.339 e. The Morgan fingerprint density at radius 3 is 2.25 bits per heavy atom. The van der Waals surface area contributed by atoms with Crippen LogP contribution in [0.15, 0.2) is 72.1 Å². The maximum absolute atomic E-state index is 12.9. The molecule has 1 saturated heterocycles. The van der Waals surface area contributed by atoms with Gasteiger partial charge in [-0.2, -0.15) is 4.31 Å². The van der Waals surface area contributed by atoms with Gasteiger partial charge in [0, 0.05) is 31.7 Å². The molecule has 3 rings (SSSR count). The van der Waals surface area contributed by atoms with Crippen molar-refractivity contribution in [2.24, 2.45) is 0 Å². The van der Waals surface area contributed by atoms with E-state index in [0.29, 0.717) is 5.56 Å². The largest absolute Gasteiger partial charge is 0.339 e. The van der Waals surface area contributed by atoms with Crippen molar-refractivity contribution in [3.05, 3.63) is 78.4 Å². The number of carbonyl (C=O) groups is 1. The predicted molar refractivity (Wildman–Crippen MR) is 110 cm³/mol. The molecule has 1 aliphatic heterocycles. The van der Waals surface area contributed by atoms with Gasteiger partial charge < -0.3 is 4.90 Å². The smallest absolute Gasteiger partial charge is 0.253 e. The highest BCUT2D eigenvalue weighted by atomic mass is 32.2. The zero-order valence-electron chi connectivity index (χ0n) is 16.0. The summed E-state index contributed by atoms with van der Waals surface area (Å²) in [4.78, 5) is 14.7. The molecule has 0 unspecified atom stereocenters. The number of nitrogens with zero attached hydrogens (tertiary/aromatic N) is 2. The van der Waals surface area contributed by atoms with Crippen LogP contribution in [0.2, 0.25) is 0 Å². The van der Waals surface area contributed by atoms with Gasteiger partial charge in [0.15, 0.2) is 0 Å². The van der Waals surface area contributed by atoms with E-state index in [9.17, 15) is 13.2 Å². The molecule has 2 aromatic carbocycles. The molecule has 0 radical (unpaired) electrons. The van der Waals surface area contributed by atoms with Gasteiger partial charge in [-0.25, -0.2) is 8.42 Å². The minimum absolute atomic E-state index is 0.0473. The number of likely N-dealkylation sites (tertiary alicyclic amines) is 1. The first-order chi connectivity index (χ1) is 13.5. The third kappa shape index (κ3) is 4.69. The van der Waals surface area contributed by atoms with E-state index in [4.69, 9.17) is 0 Å². The Bertz CT molecular complexity index is 903. The van der Waals surface area contributed by atoms with Crippen LogP contribution in [-0.2, 0) is 16.6 Å². The summed E-state index contributed by atoms with van der Waals surface area (Å²) < 4.78 is 27.2. The topological polar surface area (TPSA) is 57.7 Å². The molecule has 0 atom stereocenters. The van der Waals surface area contributed by atoms with E-state index in [2.05, 4.69) is 6.58 Å². The summed E-state index contributed by atoms with van der Waals surface area (Å²) in [5.74, 6) is 0.0473. The number of carbonyl (C=O) groups excluding carboxylic acids is 1. The maximum atomic E-state index is 12.9. The molecule has 148 valence electrons. The number of amides is 1. The molecule has 0 aliphatic carbocycles. The van der Waals surface area contributed by atoms with Gasteiger partial charge in [-0.3, -0.25) is 4.79 Å². The number of hydrogen-bond donors (Lipinski definition) is 0.